The third-order valence-electron chi connectivity index (χ3n) is 5.51. The highest BCUT2D eigenvalue weighted by atomic mass is 14.3. The van der Waals surface area contributed by atoms with Crippen LogP contribution >= 0.6 is 0 Å². The van der Waals surface area contributed by atoms with Crippen molar-refractivity contribution in [3.05, 3.63) is 95.1 Å². The van der Waals surface area contributed by atoms with Crippen LogP contribution in [0.25, 0.3) is 21.9 Å². The van der Waals surface area contributed by atoms with Crippen LogP contribution in [0.3, 0.4) is 0 Å². The maximum absolute atomic E-state index is 2.47. The highest BCUT2D eigenvalue weighted by molar-refractivity contribution is 5.98. The standard InChI is InChI=1S/C24H20/c1-2-7-17(8-3-1)20-11-6-12-21-22(20)15-16-23-19-10-5-4-9-18(19)13-14-24(21)23/h1-5,7-10,12-14H,6,11,15-16H2. The number of hydrogen-bond acceptors (Lipinski definition) is 0. The second kappa shape index (κ2) is 5.49. The van der Waals surface area contributed by atoms with Gasteiger partial charge in [0, 0.05) is 0 Å². The second-order valence-corrected chi connectivity index (χ2v) is 6.79. The molecular weight excluding hydrogens is 288 g/mol. The average molecular weight is 308 g/mol. The summed E-state index contributed by atoms with van der Waals surface area (Å²) in [5, 5.41) is 2.80. The van der Waals surface area contributed by atoms with Crippen LogP contribution in [0.5, 0.6) is 0 Å². The lowest BCUT2D eigenvalue weighted by molar-refractivity contribution is 0.917. The molecule has 0 heteroatoms. The van der Waals surface area contributed by atoms with Gasteiger partial charge in [0.2, 0.25) is 0 Å². The molecule has 0 N–H and O–H groups in total. The molecule has 3 aromatic carbocycles. The van der Waals surface area contributed by atoms with Crippen LogP contribution in [0.4, 0.5) is 0 Å². The first-order chi connectivity index (χ1) is 11.9. The van der Waals surface area contributed by atoms with Gasteiger partial charge in [-0.05, 0) is 69.9 Å². The molecule has 2 aliphatic rings. The fourth-order valence-electron chi connectivity index (χ4n) is 4.42. The first-order valence-electron chi connectivity index (χ1n) is 8.91. The first kappa shape index (κ1) is 13.8. The maximum Gasteiger partial charge on any atom is -0.0146 e. The Balaban J connectivity index is 1.72. The minimum absolute atomic E-state index is 1.15. The van der Waals surface area contributed by atoms with E-state index in [1.165, 1.54) is 39.5 Å². The Kier molecular flexibility index (Phi) is 3.16. The van der Waals surface area contributed by atoms with Crippen molar-refractivity contribution in [1.82, 2.24) is 0 Å². The van der Waals surface area contributed by atoms with Crippen molar-refractivity contribution in [1.29, 1.82) is 0 Å². The Morgan fingerprint density at radius 1 is 0.625 bits per heavy atom. The average Bonchev–Trinajstić information content (AvgIpc) is 2.67. The topological polar surface area (TPSA) is 0 Å². The first-order valence-corrected chi connectivity index (χ1v) is 8.91. The Morgan fingerprint density at radius 3 is 2.38 bits per heavy atom. The van der Waals surface area contributed by atoms with E-state index in [0.717, 1.165) is 19.3 Å². The van der Waals surface area contributed by atoms with Crippen LogP contribution in [0.1, 0.15) is 36.0 Å². The van der Waals surface area contributed by atoms with Crippen LogP contribution < -0.4 is 0 Å². The van der Waals surface area contributed by atoms with Gasteiger partial charge in [-0.2, -0.15) is 0 Å². The Hall–Kier alpha value is -2.60. The van der Waals surface area contributed by atoms with E-state index in [-0.39, 0.29) is 0 Å². The number of allylic oxidation sites excluding steroid dienone is 4. The summed E-state index contributed by atoms with van der Waals surface area (Å²) in [6.07, 6.45) is 7.10. The molecule has 0 fully saturated rings. The van der Waals surface area contributed by atoms with Crippen molar-refractivity contribution in [2.45, 2.75) is 25.7 Å². The third-order valence-corrected chi connectivity index (χ3v) is 5.51. The lowest BCUT2D eigenvalue weighted by Gasteiger charge is -2.29. The molecule has 0 aromatic heterocycles. The number of aryl methyl sites for hydroxylation is 1. The zero-order chi connectivity index (χ0) is 15.9. The quantitative estimate of drug-likeness (QED) is 0.487. The molecule has 0 saturated carbocycles. The summed E-state index contributed by atoms with van der Waals surface area (Å²) in [5.74, 6) is 0. The number of benzene rings is 3. The highest BCUT2D eigenvalue weighted by Crippen LogP contribution is 2.45. The molecular formula is C24H20. The Bertz CT molecular complexity index is 987. The summed E-state index contributed by atoms with van der Waals surface area (Å²) in [4.78, 5) is 0. The number of fused-ring (bicyclic) bond motifs is 5. The van der Waals surface area contributed by atoms with E-state index in [1.807, 2.05) is 0 Å². The SMILES string of the molecule is C1=C2C(=C(c3ccccc3)CC1)CCc1c2ccc2ccccc12. The molecule has 0 heterocycles. The van der Waals surface area contributed by atoms with Crippen LogP contribution in [-0.2, 0) is 6.42 Å². The zero-order valence-electron chi connectivity index (χ0n) is 13.8. The molecule has 0 nitrogen and oxygen atoms in total. The summed E-state index contributed by atoms with van der Waals surface area (Å²) in [5.41, 5.74) is 9.04. The molecule has 5 rings (SSSR count). The highest BCUT2D eigenvalue weighted by Gasteiger charge is 2.25. The van der Waals surface area contributed by atoms with E-state index in [2.05, 4.69) is 72.8 Å². The molecule has 0 amide bonds. The molecule has 24 heavy (non-hydrogen) atoms. The largest absolute Gasteiger partial charge is 0.0760 e. The van der Waals surface area contributed by atoms with Crippen molar-refractivity contribution in [2.75, 3.05) is 0 Å². The van der Waals surface area contributed by atoms with Crippen molar-refractivity contribution >= 4 is 21.9 Å². The van der Waals surface area contributed by atoms with E-state index >= 15 is 0 Å². The van der Waals surface area contributed by atoms with E-state index in [1.54, 1.807) is 11.1 Å². The maximum atomic E-state index is 2.47. The van der Waals surface area contributed by atoms with Gasteiger partial charge in [-0.1, -0.05) is 72.8 Å². The van der Waals surface area contributed by atoms with Crippen LogP contribution in [-0.4, -0.2) is 0 Å². The number of hydrogen-bond donors (Lipinski definition) is 0. The monoisotopic (exact) mass is 308 g/mol. The van der Waals surface area contributed by atoms with Gasteiger partial charge in [-0.25, -0.2) is 0 Å². The lowest BCUT2D eigenvalue weighted by Crippen LogP contribution is -2.10. The fourth-order valence-corrected chi connectivity index (χ4v) is 4.42. The zero-order valence-corrected chi connectivity index (χ0v) is 13.8. The predicted octanol–water partition coefficient (Wildman–Crippen LogP) is 6.42. The van der Waals surface area contributed by atoms with E-state index in [4.69, 9.17) is 0 Å². The predicted molar refractivity (Wildman–Crippen MR) is 103 cm³/mol. The van der Waals surface area contributed by atoms with Crippen LogP contribution in [0.2, 0.25) is 0 Å². The summed E-state index contributed by atoms with van der Waals surface area (Å²) in [6, 6.07) is 24.4. The van der Waals surface area contributed by atoms with Gasteiger partial charge in [0.15, 0.2) is 0 Å². The van der Waals surface area contributed by atoms with Crippen LogP contribution in [0, 0.1) is 0 Å². The second-order valence-electron chi connectivity index (χ2n) is 6.79. The summed E-state index contributed by atoms with van der Waals surface area (Å²) in [7, 11) is 0. The molecule has 2 aliphatic carbocycles. The van der Waals surface area contributed by atoms with Gasteiger partial charge in [-0.3, -0.25) is 0 Å². The molecule has 0 atom stereocenters. The molecule has 0 aliphatic heterocycles. The fraction of sp³-hybridized carbons (Fsp3) is 0.167. The molecule has 0 bridgehead atoms. The molecule has 0 saturated heterocycles. The lowest BCUT2D eigenvalue weighted by atomic mass is 9.75. The van der Waals surface area contributed by atoms with Gasteiger partial charge in [0.1, 0.15) is 0 Å². The van der Waals surface area contributed by atoms with E-state index < -0.39 is 0 Å². The van der Waals surface area contributed by atoms with Crippen molar-refractivity contribution in [3.8, 4) is 0 Å². The van der Waals surface area contributed by atoms with E-state index in [0.29, 0.717) is 0 Å². The van der Waals surface area contributed by atoms with Gasteiger partial charge >= 0.3 is 0 Å². The van der Waals surface area contributed by atoms with Crippen molar-refractivity contribution in [3.63, 3.8) is 0 Å². The van der Waals surface area contributed by atoms with Gasteiger partial charge in [0.05, 0.1) is 0 Å². The minimum atomic E-state index is 1.15. The normalized spacial score (nSPS) is 16.6. The Labute approximate surface area is 143 Å². The van der Waals surface area contributed by atoms with Gasteiger partial charge < -0.3 is 0 Å². The third kappa shape index (κ3) is 2.06. The molecule has 0 radical (unpaired) electrons. The summed E-state index contributed by atoms with van der Waals surface area (Å²) >= 11 is 0. The summed E-state index contributed by atoms with van der Waals surface area (Å²) < 4.78 is 0. The van der Waals surface area contributed by atoms with Crippen molar-refractivity contribution < 1.29 is 0 Å². The van der Waals surface area contributed by atoms with Gasteiger partial charge in [-0.15, -0.1) is 0 Å². The number of rotatable bonds is 1. The smallest absolute Gasteiger partial charge is 0.0146 e. The van der Waals surface area contributed by atoms with Crippen molar-refractivity contribution in [2.24, 2.45) is 0 Å². The Morgan fingerprint density at radius 2 is 1.46 bits per heavy atom. The molecule has 0 spiro atoms. The molecule has 3 aromatic rings. The van der Waals surface area contributed by atoms with Crippen LogP contribution in [0.15, 0.2) is 78.4 Å². The molecule has 0 unspecified atom stereocenters. The van der Waals surface area contributed by atoms with E-state index in [9.17, 15) is 0 Å². The van der Waals surface area contributed by atoms with Gasteiger partial charge in [0.25, 0.3) is 0 Å². The molecule has 116 valence electrons. The summed E-state index contributed by atoms with van der Waals surface area (Å²) in [6.45, 7) is 0. The minimum Gasteiger partial charge on any atom is -0.0760 e.